The molecule has 23 heavy (non-hydrogen) atoms. The van der Waals surface area contributed by atoms with Gasteiger partial charge in [-0.05, 0) is 36.8 Å². The fraction of sp³-hybridized carbons (Fsp3) is 0.118. The fourth-order valence-electron chi connectivity index (χ4n) is 2.17. The van der Waals surface area contributed by atoms with E-state index < -0.39 is 0 Å². The molecule has 0 amide bonds. The van der Waals surface area contributed by atoms with Crippen molar-refractivity contribution in [1.82, 2.24) is 9.38 Å². The maximum atomic E-state index is 12.1. The molecule has 0 saturated heterocycles. The predicted octanol–water partition coefficient (Wildman–Crippen LogP) is 3.11. The Labute approximate surface area is 137 Å². The van der Waals surface area contributed by atoms with Crippen LogP contribution >= 0.6 is 11.6 Å². The minimum Gasteiger partial charge on any atom is -0.486 e. The smallest absolute Gasteiger partial charge is 0.258 e. The van der Waals surface area contributed by atoms with Crippen molar-refractivity contribution in [2.45, 2.75) is 13.5 Å². The lowest BCUT2D eigenvalue weighted by Crippen LogP contribution is -2.16. The number of nitriles is 1. The van der Waals surface area contributed by atoms with Crippen LogP contribution in [0.2, 0.25) is 5.02 Å². The second-order valence-corrected chi connectivity index (χ2v) is 5.47. The Morgan fingerprint density at radius 1 is 1.30 bits per heavy atom. The molecule has 0 saturated carbocycles. The van der Waals surface area contributed by atoms with Gasteiger partial charge in [-0.2, -0.15) is 5.26 Å². The Bertz CT molecular complexity index is 989. The van der Waals surface area contributed by atoms with E-state index in [0.717, 1.165) is 5.56 Å². The maximum Gasteiger partial charge on any atom is 0.258 e. The number of nitrogens with zero attached hydrogens (tertiary/aromatic N) is 3. The predicted molar refractivity (Wildman–Crippen MR) is 86.7 cm³/mol. The minimum absolute atomic E-state index is 0.116. The Balaban J connectivity index is 1.86. The van der Waals surface area contributed by atoms with Crippen molar-refractivity contribution in [2.75, 3.05) is 0 Å². The second-order valence-electron chi connectivity index (χ2n) is 5.07. The molecule has 1 aromatic carbocycles. The Morgan fingerprint density at radius 2 is 2.13 bits per heavy atom. The van der Waals surface area contributed by atoms with E-state index in [4.69, 9.17) is 21.6 Å². The quantitative estimate of drug-likeness (QED) is 0.742. The van der Waals surface area contributed by atoms with Gasteiger partial charge in [0.05, 0.1) is 22.3 Å². The molecule has 0 aliphatic heterocycles. The highest BCUT2D eigenvalue weighted by molar-refractivity contribution is 6.32. The van der Waals surface area contributed by atoms with Crippen LogP contribution in [0.25, 0.3) is 5.65 Å². The summed E-state index contributed by atoms with van der Waals surface area (Å²) in [5, 5.41) is 9.16. The third-order valence-corrected chi connectivity index (χ3v) is 3.59. The van der Waals surface area contributed by atoms with Gasteiger partial charge in [-0.25, -0.2) is 4.98 Å². The van der Waals surface area contributed by atoms with E-state index in [1.807, 2.05) is 19.1 Å². The molecule has 0 spiro atoms. The molecular formula is C17H12ClN3O2. The lowest BCUT2D eigenvalue weighted by molar-refractivity contribution is 0.301. The topological polar surface area (TPSA) is 67.4 Å². The SMILES string of the molecule is Cc1ccc2nc(COc3ccc(C#N)cc3Cl)cc(=O)n2c1. The molecule has 0 unspecified atom stereocenters. The monoisotopic (exact) mass is 325 g/mol. The fourth-order valence-corrected chi connectivity index (χ4v) is 2.41. The summed E-state index contributed by atoms with van der Waals surface area (Å²) in [6, 6.07) is 11.9. The van der Waals surface area contributed by atoms with Gasteiger partial charge in [-0.15, -0.1) is 0 Å². The van der Waals surface area contributed by atoms with Crippen molar-refractivity contribution in [2.24, 2.45) is 0 Å². The first-order chi connectivity index (χ1) is 11.1. The molecule has 0 radical (unpaired) electrons. The normalized spacial score (nSPS) is 10.5. The number of hydrogen-bond donors (Lipinski definition) is 0. The highest BCUT2D eigenvalue weighted by Crippen LogP contribution is 2.25. The summed E-state index contributed by atoms with van der Waals surface area (Å²) in [4.78, 5) is 16.5. The summed E-state index contributed by atoms with van der Waals surface area (Å²) in [6.07, 6.45) is 1.74. The Morgan fingerprint density at radius 3 is 2.87 bits per heavy atom. The number of aryl methyl sites for hydroxylation is 1. The van der Waals surface area contributed by atoms with Crippen LogP contribution in [-0.2, 0) is 6.61 Å². The van der Waals surface area contributed by atoms with Crippen molar-refractivity contribution in [3.8, 4) is 11.8 Å². The van der Waals surface area contributed by atoms with Crippen LogP contribution in [0.1, 0.15) is 16.8 Å². The van der Waals surface area contributed by atoms with E-state index in [-0.39, 0.29) is 12.2 Å². The molecule has 5 nitrogen and oxygen atoms in total. The summed E-state index contributed by atoms with van der Waals surface area (Å²) in [5.74, 6) is 0.441. The highest BCUT2D eigenvalue weighted by atomic mass is 35.5. The Hall–Kier alpha value is -2.84. The summed E-state index contributed by atoms with van der Waals surface area (Å²) in [5.41, 5.74) is 2.35. The van der Waals surface area contributed by atoms with E-state index in [9.17, 15) is 4.79 Å². The summed E-state index contributed by atoms with van der Waals surface area (Å²) < 4.78 is 7.09. The van der Waals surface area contributed by atoms with Crippen LogP contribution < -0.4 is 10.3 Å². The number of ether oxygens (including phenoxy) is 1. The maximum absolute atomic E-state index is 12.1. The lowest BCUT2D eigenvalue weighted by atomic mass is 10.2. The number of pyridine rings is 1. The summed E-state index contributed by atoms with van der Waals surface area (Å²) in [7, 11) is 0. The standard InChI is InChI=1S/C17H12ClN3O2/c1-11-2-5-16-20-13(7-17(22)21(16)9-11)10-23-15-4-3-12(8-19)6-14(15)18/h2-7,9H,10H2,1H3. The van der Waals surface area contributed by atoms with Crippen LogP contribution in [0, 0.1) is 18.3 Å². The average Bonchev–Trinajstić information content (AvgIpc) is 2.54. The van der Waals surface area contributed by atoms with Gasteiger partial charge < -0.3 is 4.74 Å². The van der Waals surface area contributed by atoms with Crippen molar-refractivity contribution in [1.29, 1.82) is 5.26 Å². The molecule has 3 rings (SSSR count). The van der Waals surface area contributed by atoms with Crippen LogP contribution in [0.3, 0.4) is 0 Å². The molecule has 3 aromatic rings. The first-order valence-corrected chi connectivity index (χ1v) is 7.26. The van der Waals surface area contributed by atoms with E-state index in [0.29, 0.717) is 27.7 Å². The second kappa shape index (κ2) is 6.11. The first kappa shape index (κ1) is 15.1. The highest BCUT2D eigenvalue weighted by Gasteiger charge is 2.06. The summed E-state index contributed by atoms with van der Waals surface area (Å²) in [6.45, 7) is 2.03. The van der Waals surface area contributed by atoms with Gasteiger partial charge in [0.1, 0.15) is 18.0 Å². The minimum atomic E-state index is -0.164. The lowest BCUT2D eigenvalue weighted by Gasteiger charge is -2.09. The van der Waals surface area contributed by atoms with Gasteiger partial charge in [-0.3, -0.25) is 9.20 Å². The van der Waals surface area contributed by atoms with E-state index in [1.165, 1.54) is 16.5 Å². The van der Waals surface area contributed by atoms with Crippen LogP contribution in [0.5, 0.6) is 5.75 Å². The number of benzene rings is 1. The van der Waals surface area contributed by atoms with Gasteiger partial charge in [0.15, 0.2) is 0 Å². The zero-order valence-electron chi connectivity index (χ0n) is 12.3. The van der Waals surface area contributed by atoms with Gasteiger partial charge in [0, 0.05) is 12.3 Å². The van der Waals surface area contributed by atoms with E-state index >= 15 is 0 Å². The van der Waals surface area contributed by atoms with E-state index in [1.54, 1.807) is 24.4 Å². The van der Waals surface area contributed by atoms with Crippen molar-refractivity contribution < 1.29 is 4.74 Å². The third-order valence-electron chi connectivity index (χ3n) is 3.30. The van der Waals surface area contributed by atoms with Gasteiger partial charge >= 0.3 is 0 Å². The third kappa shape index (κ3) is 3.17. The number of halogens is 1. The molecule has 2 heterocycles. The molecule has 114 valence electrons. The molecule has 2 aromatic heterocycles. The zero-order valence-corrected chi connectivity index (χ0v) is 13.0. The average molecular weight is 326 g/mol. The molecule has 0 bridgehead atoms. The van der Waals surface area contributed by atoms with Crippen LogP contribution in [0.15, 0.2) is 47.4 Å². The molecule has 6 heteroatoms. The Kier molecular flexibility index (Phi) is 4.00. The molecule has 0 fully saturated rings. The molecule has 0 N–H and O–H groups in total. The van der Waals surface area contributed by atoms with Gasteiger partial charge in [0.25, 0.3) is 5.56 Å². The van der Waals surface area contributed by atoms with Crippen molar-refractivity contribution in [3.05, 3.63) is 74.8 Å². The molecule has 0 aliphatic carbocycles. The van der Waals surface area contributed by atoms with Gasteiger partial charge in [-0.1, -0.05) is 17.7 Å². The number of aromatic nitrogens is 2. The zero-order chi connectivity index (χ0) is 16.4. The van der Waals surface area contributed by atoms with Crippen molar-refractivity contribution in [3.63, 3.8) is 0 Å². The first-order valence-electron chi connectivity index (χ1n) is 6.88. The van der Waals surface area contributed by atoms with Crippen molar-refractivity contribution >= 4 is 17.2 Å². The molecule has 0 atom stereocenters. The number of fused-ring (bicyclic) bond motifs is 1. The van der Waals surface area contributed by atoms with Gasteiger partial charge in [0.2, 0.25) is 0 Å². The summed E-state index contributed by atoms with van der Waals surface area (Å²) >= 11 is 6.06. The van der Waals surface area contributed by atoms with Crippen LogP contribution in [-0.4, -0.2) is 9.38 Å². The van der Waals surface area contributed by atoms with E-state index in [2.05, 4.69) is 4.98 Å². The molecular weight excluding hydrogens is 314 g/mol. The number of rotatable bonds is 3. The largest absolute Gasteiger partial charge is 0.486 e. The van der Waals surface area contributed by atoms with Crippen LogP contribution in [0.4, 0.5) is 0 Å². The number of hydrogen-bond acceptors (Lipinski definition) is 4. The molecule has 0 aliphatic rings.